The van der Waals surface area contributed by atoms with Crippen LogP contribution in [0.1, 0.15) is 49.6 Å². The highest BCUT2D eigenvalue weighted by Gasteiger charge is 2.20. The largest absolute Gasteiger partial charge is 0.463 e. The van der Waals surface area contributed by atoms with E-state index >= 15 is 0 Å². The van der Waals surface area contributed by atoms with E-state index in [0.717, 1.165) is 18.8 Å². The summed E-state index contributed by atoms with van der Waals surface area (Å²) in [5.41, 5.74) is 0. The Morgan fingerprint density at radius 2 is 2.16 bits per heavy atom. The van der Waals surface area contributed by atoms with Crippen LogP contribution in [0.25, 0.3) is 0 Å². The molecule has 1 aromatic heterocycles. The van der Waals surface area contributed by atoms with E-state index in [-0.39, 0.29) is 5.82 Å². The van der Waals surface area contributed by atoms with Gasteiger partial charge in [0.05, 0.1) is 7.11 Å². The Morgan fingerprint density at radius 1 is 1.42 bits per heavy atom. The predicted octanol–water partition coefficient (Wildman–Crippen LogP) is 2.64. The van der Waals surface area contributed by atoms with E-state index in [2.05, 4.69) is 26.9 Å². The van der Waals surface area contributed by atoms with Gasteiger partial charge < -0.3 is 10.1 Å². The Bertz CT molecular complexity index is 428. The van der Waals surface area contributed by atoms with Crippen LogP contribution in [0.4, 0.5) is 5.82 Å². The molecule has 1 fully saturated rings. The fraction of sp³-hybridized carbons (Fsp3) is 0.643. The van der Waals surface area contributed by atoms with Gasteiger partial charge in [-0.3, -0.25) is 0 Å². The zero-order valence-corrected chi connectivity index (χ0v) is 11.6. The van der Waals surface area contributed by atoms with E-state index < -0.39 is 5.97 Å². The number of hydrogen-bond donors (Lipinski definition) is 1. The second-order valence-corrected chi connectivity index (χ2v) is 5.03. The average Bonchev–Trinajstić information content (AvgIpc) is 2.47. The van der Waals surface area contributed by atoms with E-state index in [1.165, 1.54) is 26.4 Å². The molecule has 0 spiro atoms. The smallest absolute Gasteiger partial charge is 0.376 e. The molecule has 1 aromatic rings. The molecule has 2 rings (SSSR count). The highest BCUT2D eigenvalue weighted by atomic mass is 16.5. The maximum Gasteiger partial charge on any atom is 0.376 e. The number of aromatic nitrogens is 2. The second kappa shape index (κ2) is 6.50. The first kappa shape index (κ1) is 13.8. The topological polar surface area (TPSA) is 64.1 Å². The molecule has 104 valence electrons. The van der Waals surface area contributed by atoms with Crippen molar-refractivity contribution in [2.45, 2.75) is 45.1 Å². The minimum Gasteiger partial charge on any atom is -0.463 e. The summed E-state index contributed by atoms with van der Waals surface area (Å²) >= 11 is 0. The van der Waals surface area contributed by atoms with Crippen LogP contribution in [0.3, 0.4) is 0 Å². The maximum atomic E-state index is 11.4. The molecule has 1 saturated carbocycles. The van der Waals surface area contributed by atoms with Crippen LogP contribution < -0.4 is 5.32 Å². The summed E-state index contributed by atoms with van der Waals surface area (Å²) in [6, 6.07) is 2.24. The predicted molar refractivity (Wildman–Crippen MR) is 73.0 cm³/mol. The summed E-state index contributed by atoms with van der Waals surface area (Å²) in [5, 5.41) is 3.39. The van der Waals surface area contributed by atoms with Gasteiger partial charge in [-0.1, -0.05) is 13.3 Å². The van der Waals surface area contributed by atoms with Gasteiger partial charge in [-0.05, 0) is 37.7 Å². The van der Waals surface area contributed by atoms with E-state index in [9.17, 15) is 4.79 Å². The maximum absolute atomic E-state index is 11.4. The molecule has 1 aliphatic rings. The first-order chi connectivity index (χ1) is 9.22. The number of nitrogens with zero attached hydrogens (tertiary/aromatic N) is 2. The van der Waals surface area contributed by atoms with Gasteiger partial charge in [0.2, 0.25) is 5.82 Å². The summed E-state index contributed by atoms with van der Waals surface area (Å²) in [5.74, 6) is 1.18. The first-order valence-corrected chi connectivity index (χ1v) is 6.90. The van der Waals surface area contributed by atoms with Gasteiger partial charge in [0, 0.05) is 12.2 Å². The third-order valence-electron chi connectivity index (χ3n) is 3.80. The first-order valence-electron chi connectivity index (χ1n) is 6.90. The van der Waals surface area contributed by atoms with Crippen molar-refractivity contribution < 1.29 is 9.53 Å². The number of rotatable bonds is 4. The fourth-order valence-electron chi connectivity index (χ4n) is 2.55. The van der Waals surface area contributed by atoms with Gasteiger partial charge in [-0.2, -0.15) is 0 Å². The Labute approximate surface area is 113 Å². The highest BCUT2D eigenvalue weighted by molar-refractivity contribution is 5.85. The number of carbonyl (C=O) groups is 1. The summed E-state index contributed by atoms with van der Waals surface area (Å²) < 4.78 is 4.62. The van der Waals surface area contributed by atoms with Crippen molar-refractivity contribution in [2.24, 2.45) is 5.92 Å². The fourth-order valence-corrected chi connectivity index (χ4v) is 2.55. The van der Waals surface area contributed by atoms with Gasteiger partial charge in [0.15, 0.2) is 0 Å². The number of nitrogens with one attached hydrogen (secondary N) is 1. The van der Waals surface area contributed by atoms with E-state index in [1.807, 2.05) is 0 Å². The molecule has 0 saturated heterocycles. The monoisotopic (exact) mass is 263 g/mol. The van der Waals surface area contributed by atoms with Gasteiger partial charge >= 0.3 is 5.97 Å². The number of esters is 1. The molecular weight excluding hydrogens is 242 g/mol. The van der Waals surface area contributed by atoms with Crippen LogP contribution in [0.15, 0.2) is 12.3 Å². The zero-order valence-electron chi connectivity index (χ0n) is 11.6. The number of carbonyl (C=O) groups excluding carboxylic acids is 1. The standard InChI is InChI=1S/C14H21N3O2/c1-3-10-4-6-11(7-5-10)16-12-8-9-15-13(17-12)14(18)19-2/h8-11H,3-7H2,1-2H3,(H,15,16,17). The van der Waals surface area contributed by atoms with Crippen LogP contribution in [-0.2, 0) is 4.74 Å². The molecule has 0 bridgehead atoms. The Balaban J connectivity index is 1.94. The minimum atomic E-state index is -0.502. The molecule has 0 unspecified atom stereocenters. The zero-order chi connectivity index (χ0) is 13.7. The van der Waals surface area contributed by atoms with Gasteiger partial charge in [-0.25, -0.2) is 14.8 Å². The van der Waals surface area contributed by atoms with Gasteiger partial charge in [0.25, 0.3) is 0 Å². The Hall–Kier alpha value is -1.65. The van der Waals surface area contributed by atoms with Crippen LogP contribution >= 0.6 is 0 Å². The minimum absolute atomic E-state index is 0.106. The van der Waals surface area contributed by atoms with Crippen molar-refractivity contribution in [1.29, 1.82) is 0 Å². The van der Waals surface area contributed by atoms with Crippen LogP contribution in [0.5, 0.6) is 0 Å². The van der Waals surface area contributed by atoms with Crippen molar-refractivity contribution in [3.05, 3.63) is 18.1 Å². The molecule has 0 aromatic carbocycles. The van der Waals surface area contributed by atoms with Crippen molar-refractivity contribution >= 4 is 11.8 Å². The van der Waals surface area contributed by atoms with Crippen LogP contribution in [0.2, 0.25) is 0 Å². The molecular formula is C14H21N3O2. The lowest BCUT2D eigenvalue weighted by atomic mass is 9.84. The SMILES string of the molecule is CCC1CCC(Nc2ccnc(C(=O)OC)n2)CC1. The molecule has 19 heavy (non-hydrogen) atoms. The lowest BCUT2D eigenvalue weighted by Gasteiger charge is -2.28. The molecule has 0 aliphatic heterocycles. The van der Waals surface area contributed by atoms with E-state index in [1.54, 1.807) is 12.3 Å². The number of hydrogen-bond acceptors (Lipinski definition) is 5. The molecule has 1 aliphatic carbocycles. The molecule has 0 atom stereocenters. The molecule has 1 N–H and O–H groups in total. The third kappa shape index (κ3) is 3.66. The van der Waals surface area contributed by atoms with Gasteiger partial charge in [-0.15, -0.1) is 0 Å². The Morgan fingerprint density at radius 3 is 2.79 bits per heavy atom. The van der Waals surface area contributed by atoms with Crippen molar-refractivity contribution in [3.8, 4) is 0 Å². The third-order valence-corrected chi connectivity index (χ3v) is 3.80. The normalized spacial score (nSPS) is 22.8. The quantitative estimate of drug-likeness (QED) is 0.846. The second-order valence-electron chi connectivity index (χ2n) is 5.03. The van der Waals surface area contributed by atoms with E-state index in [0.29, 0.717) is 11.9 Å². The van der Waals surface area contributed by atoms with E-state index in [4.69, 9.17) is 0 Å². The van der Waals surface area contributed by atoms with Gasteiger partial charge in [0.1, 0.15) is 5.82 Å². The van der Waals surface area contributed by atoms with Crippen LogP contribution in [0, 0.1) is 5.92 Å². The Kier molecular flexibility index (Phi) is 4.71. The lowest BCUT2D eigenvalue weighted by molar-refractivity contribution is 0.0587. The average molecular weight is 263 g/mol. The summed E-state index contributed by atoms with van der Waals surface area (Å²) in [7, 11) is 1.33. The van der Waals surface area contributed by atoms with Crippen molar-refractivity contribution in [2.75, 3.05) is 12.4 Å². The number of ether oxygens (including phenoxy) is 1. The lowest BCUT2D eigenvalue weighted by Crippen LogP contribution is -2.26. The molecule has 0 amide bonds. The molecule has 0 radical (unpaired) electrons. The molecule has 5 nitrogen and oxygen atoms in total. The summed E-state index contributed by atoms with van der Waals surface area (Å²) in [6.07, 6.45) is 7.71. The van der Waals surface area contributed by atoms with Crippen LogP contribution in [-0.4, -0.2) is 29.1 Å². The number of anilines is 1. The highest BCUT2D eigenvalue weighted by Crippen LogP contribution is 2.28. The summed E-state index contributed by atoms with van der Waals surface area (Å²) in [6.45, 7) is 2.26. The molecule has 1 heterocycles. The molecule has 5 heteroatoms. The van der Waals surface area contributed by atoms with Crippen molar-refractivity contribution in [3.63, 3.8) is 0 Å². The van der Waals surface area contributed by atoms with Crippen molar-refractivity contribution in [1.82, 2.24) is 9.97 Å². The summed E-state index contributed by atoms with van der Waals surface area (Å²) in [4.78, 5) is 19.4. The number of methoxy groups -OCH3 is 1.